The van der Waals surface area contributed by atoms with Crippen molar-refractivity contribution in [2.75, 3.05) is 0 Å². The number of hydrogen-bond acceptors (Lipinski definition) is 3. The first-order chi connectivity index (χ1) is 9.81. The number of aromatic amines is 1. The average Bonchev–Trinajstić information content (AvgIpc) is 2.89. The average molecular weight is 262 g/mol. The minimum atomic E-state index is -0.372. The van der Waals surface area contributed by atoms with E-state index in [0.717, 1.165) is 27.7 Å². The normalized spacial score (nSPS) is 11.2. The fraction of sp³-hybridized carbons (Fsp3) is 0. The molecule has 0 spiro atoms. The van der Waals surface area contributed by atoms with E-state index in [1.54, 1.807) is 10.7 Å². The summed E-state index contributed by atoms with van der Waals surface area (Å²) in [6.07, 6.45) is 3.36. The molecule has 0 saturated carbocycles. The van der Waals surface area contributed by atoms with Gasteiger partial charge in [0.25, 0.3) is 0 Å². The van der Waals surface area contributed by atoms with E-state index in [2.05, 4.69) is 21.1 Å². The zero-order valence-corrected chi connectivity index (χ0v) is 10.4. The summed E-state index contributed by atoms with van der Waals surface area (Å²) in [5, 5.41) is 3.77. The fourth-order valence-electron chi connectivity index (χ4n) is 2.36. The van der Waals surface area contributed by atoms with Gasteiger partial charge in [-0.2, -0.15) is 4.98 Å². The molecular formula is C15H10N4O. The van der Waals surface area contributed by atoms with Crippen molar-refractivity contribution in [3.63, 3.8) is 0 Å². The number of aromatic nitrogens is 4. The van der Waals surface area contributed by atoms with Crippen molar-refractivity contribution in [2.45, 2.75) is 0 Å². The summed E-state index contributed by atoms with van der Waals surface area (Å²) in [7, 11) is 0. The minimum absolute atomic E-state index is 0.372. The van der Waals surface area contributed by atoms with Crippen LogP contribution in [-0.4, -0.2) is 19.6 Å². The molecule has 20 heavy (non-hydrogen) atoms. The van der Waals surface area contributed by atoms with Gasteiger partial charge in [-0.3, -0.25) is 9.50 Å². The van der Waals surface area contributed by atoms with Crippen LogP contribution in [0.15, 0.2) is 59.7 Å². The molecule has 4 aromatic rings. The number of rotatable bonds is 1. The molecule has 3 heterocycles. The maximum atomic E-state index is 11.4. The Morgan fingerprint density at radius 2 is 1.90 bits per heavy atom. The summed E-state index contributed by atoms with van der Waals surface area (Å²) < 4.78 is 1.72. The number of benzene rings is 1. The van der Waals surface area contributed by atoms with E-state index in [0.29, 0.717) is 0 Å². The molecule has 0 bridgehead atoms. The topological polar surface area (TPSA) is 63.1 Å². The smallest absolute Gasteiger partial charge is 0.256 e. The molecule has 0 aliphatic heterocycles. The van der Waals surface area contributed by atoms with Crippen molar-refractivity contribution < 1.29 is 0 Å². The highest BCUT2D eigenvalue weighted by atomic mass is 16.1. The number of pyridine rings is 1. The molecule has 0 atom stereocenters. The van der Waals surface area contributed by atoms with E-state index in [1.165, 1.54) is 0 Å². The van der Waals surface area contributed by atoms with Crippen molar-refractivity contribution >= 4 is 16.4 Å². The summed E-state index contributed by atoms with van der Waals surface area (Å²) in [5.41, 5.74) is 3.26. The van der Waals surface area contributed by atoms with E-state index in [9.17, 15) is 4.79 Å². The Morgan fingerprint density at radius 3 is 2.85 bits per heavy atom. The maximum Gasteiger partial charge on any atom is 0.360 e. The zero-order chi connectivity index (χ0) is 13.5. The molecule has 0 amide bonds. The Hall–Kier alpha value is -2.95. The SMILES string of the molecule is O=c1ncc2ccc(-c3cnc4ccccc4c3)n2[nH]1. The number of hydrogen-bond donors (Lipinski definition) is 1. The molecule has 0 unspecified atom stereocenters. The van der Waals surface area contributed by atoms with Crippen molar-refractivity contribution in [3.8, 4) is 11.3 Å². The fourth-order valence-corrected chi connectivity index (χ4v) is 2.36. The number of H-pyrrole nitrogens is 1. The van der Waals surface area contributed by atoms with E-state index in [1.807, 2.05) is 42.6 Å². The molecule has 3 aromatic heterocycles. The largest absolute Gasteiger partial charge is 0.360 e. The van der Waals surface area contributed by atoms with Crippen LogP contribution in [0.2, 0.25) is 0 Å². The molecule has 1 N–H and O–H groups in total. The summed E-state index contributed by atoms with van der Waals surface area (Å²) in [4.78, 5) is 19.5. The molecule has 0 fully saturated rings. The molecule has 0 aliphatic carbocycles. The van der Waals surface area contributed by atoms with E-state index >= 15 is 0 Å². The Morgan fingerprint density at radius 1 is 1.00 bits per heavy atom. The molecule has 96 valence electrons. The Bertz CT molecular complexity index is 984. The van der Waals surface area contributed by atoms with E-state index in [4.69, 9.17) is 0 Å². The second kappa shape index (κ2) is 4.03. The standard InChI is InChI=1S/C15H10N4O/c20-15-17-9-12-5-6-14(19(12)18-15)11-7-10-3-1-2-4-13(10)16-8-11/h1-9H,(H,18,20). The number of para-hydroxylation sites is 1. The third-order valence-electron chi connectivity index (χ3n) is 3.32. The highest BCUT2D eigenvalue weighted by Gasteiger charge is 2.06. The van der Waals surface area contributed by atoms with Gasteiger partial charge in [0.2, 0.25) is 0 Å². The zero-order valence-electron chi connectivity index (χ0n) is 10.4. The van der Waals surface area contributed by atoms with Gasteiger partial charge in [0, 0.05) is 17.1 Å². The first kappa shape index (κ1) is 10.9. The van der Waals surface area contributed by atoms with Gasteiger partial charge in [0.05, 0.1) is 22.9 Å². The van der Waals surface area contributed by atoms with Crippen molar-refractivity contribution in [1.29, 1.82) is 0 Å². The molecule has 4 rings (SSSR count). The van der Waals surface area contributed by atoms with Crippen molar-refractivity contribution in [1.82, 2.24) is 19.6 Å². The summed E-state index contributed by atoms with van der Waals surface area (Å²) in [6.45, 7) is 0. The van der Waals surface area contributed by atoms with Gasteiger partial charge in [-0.05, 0) is 24.3 Å². The molecule has 0 saturated heterocycles. The number of nitrogens with zero attached hydrogens (tertiary/aromatic N) is 3. The third kappa shape index (κ3) is 1.60. The predicted octanol–water partition coefficient (Wildman–Crippen LogP) is 2.24. The van der Waals surface area contributed by atoms with Gasteiger partial charge in [0.15, 0.2) is 0 Å². The maximum absolute atomic E-state index is 11.4. The molecule has 1 aromatic carbocycles. The quantitative estimate of drug-likeness (QED) is 0.572. The lowest BCUT2D eigenvalue weighted by molar-refractivity contribution is 0.865. The van der Waals surface area contributed by atoms with Crippen LogP contribution in [0.4, 0.5) is 0 Å². The summed E-state index contributed by atoms with van der Waals surface area (Å²) in [6, 6.07) is 13.8. The Balaban J connectivity index is 2.00. The summed E-state index contributed by atoms with van der Waals surface area (Å²) in [5.74, 6) is 0. The first-order valence-corrected chi connectivity index (χ1v) is 6.23. The second-order valence-electron chi connectivity index (χ2n) is 4.57. The lowest BCUT2D eigenvalue weighted by Crippen LogP contribution is -2.14. The molecule has 5 heteroatoms. The first-order valence-electron chi connectivity index (χ1n) is 6.23. The van der Waals surface area contributed by atoms with Crippen LogP contribution in [0.5, 0.6) is 0 Å². The highest BCUT2D eigenvalue weighted by Crippen LogP contribution is 2.23. The van der Waals surface area contributed by atoms with Crippen LogP contribution in [0, 0.1) is 0 Å². The van der Waals surface area contributed by atoms with Crippen molar-refractivity contribution in [3.05, 3.63) is 65.3 Å². The monoisotopic (exact) mass is 262 g/mol. The van der Waals surface area contributed by atoms with Gasteiger partial charge >= 0.3 is 5.69 Å². The second-order valence-corrected chi connectivity index (χ2v) is 4.57. The molecule has 0 aliphatic rings. The van der Waals surface area contributed by atoms with E-state index in [-0.39, 0.29) is 5.69 Å². The molecular weight excluding hydrogens is 252 g/mol. The van der Waals surface area contributed by atoms with Crippen LogP contribution in [-0.2, 0) is 0 Å². The minimum Gasteiger partial charge on any atom is -0.256 e. The van der Waals surface area contributed by atoms with Crippen LogP contribution in [0.25, 0.3) is 27.7 Å². The summed E-state index contributed by atoms with van der Waals surface area (Å²) >= 11 is 0. The van der Waals surface area contributed by atoms with Crippen LogP contribution >= 0.6 is 0 Å². The van der Waals surface area contributed by atoms with E-state index < -0.39 is 0 Å². The van der Waals surface area contributed by atoms with Gasteiger partial charge in [0.1, 0.15) is 0 Å². The van der Waals surface area contributed by atoms with Gasteiger partial charge in [-0.25, -0.2) is 9.89 Å². The molecule has 5 nitrogen and oxygen atoms in total. The van der Waals surface area contributed by atoms with Gasteiger partial charge in [-0.15, -0.1) is 0 Å². The highest BCUT2D eigenvalue weighted by molar-refractivity contribution is 5.83. The lowest BCUT2D eigenvalue weighted by atomic mass is 10.1. The van der Waals surface area contributed by atoms with Crippen LogP contribution in [0.1, 0.15) is 0 Å². The third-order valence-corrected chi connectivity index (χ3v) is 3.32. The van der Waals surface area contributed by atoms with Crippen molar-refractivity contribution in [2.24, 2.45) is 0 Å². The molecule has 0 radical (unpaired) electrons. The predicted molar refractivity (Wildman–Crippen MR) is 76.5 cm³/mol. The Kier molecular flexibility index (Phi) is 2.20. The van der Waals surface area contributed by atoms with Crippen LogP contribution < -0.4 is 5.69 Å². The Labute approximate surface area is 113 Å². The van der Waals surface area contributed by atoms with Gasteiger partial charge < -0.3 is 0 Å². The lowest BCUT2D eigenvalue weighted by Gasteiger charge is -2.04. The number of fused-ring (bicyclic) bond motifs is 2. The van der Waals surface area contributed by atoms with Crippen LogP contribution in [0.3, 0.4) is 0 Å². The number of nitrogens with one attached hydrogen (secondary N) is 1. The van der Waals surface area contributed by atoms with Gasteiger partial charge in [-0.1, -0.05) is 18.2 Å².